The van der Waals surface area contributed by atoms with Crippen LogP contribution in [0.1, 0.15) is 13.8 Å². The maximum atomic E-state index is 9.50. The molecule has 3 heteroatoms. The molecule has 0 unspecified atom stereocenters. The maximum absolute atomic E-state index is 9.50. The fourth-order valence-corrected chi connectivity index (χ4v) is 0. The van der Waals surface area contributed by atoms with Crippen LogP contribution in [0.4, 0.5) is 0 Å². The summed E-state index contributed by atoms with van der Waals surface area (Å²) in [5, 5.41) is 0. The Bertz CT molecular complexity index is 71.5. The molecule has 0 radical (unpaired) electrons. The third-order valence-corrected chi connectivity index (χ3v) is 0.368. The van der Waals surface area contributed by atoms with Gasteiger partial charge in [0.2, 0.25) is 0 Å². The molecule has 0 heterocycles. The summed E-state index contributed by atoms with van der Waals surface area (Å²) in [4.78, 5) is 18.6. The van der Waals surface area contributed by atoms with Gasteiger partial charge in [0.25, 0.3) is 0 Å². The van der Waals surface area contributed by atoms with Gasteiger partial charge < -0.3 is 15.3 Å². The van der Waals surface area contributed by atoms with Crippen LogP contribution in [0, 0.1) is 5.92 Å². The molecule has 0 aliphatic heterocycles. The predicted octanol–water partition coefficient (Wildman–Crippen LogP) is -0.0147. The van der Waals surface area contributed by atoms with Gasteiger partial charge in [-0.15, -0.1) is 0 Å². The zero-order valence-electron chi connectivity index (χ0n) is 5.83. The Kier molecular flexibility index (Phi) is 12.8. The Hall–Kier alpha value is -0.700. The van der Waals surface area contributed by atoms with Gasteiger partial charge in [0.1, 0.15) is 12.6 Å². The largest absolute Gasteiger partial charge is 0.324 e. The van der Waals surface area contributed by atoms with Crippen molar-refractivity contribution >= 4 is 12.6 Å². The zero-order valence-corrected chi connectivity index (χ0v) is 5.83. The van der Waals surface area contributed by atoms with Crippen LogP contribution >= 0.6 is 0 Å². The highest BCUT2D eigenvalue weighted by Gasteiger charge is 1.79. The highest BCUT2D eigenvalue weighted by molar-refractivity contribution is 5.51. The van der Waals surface area contributed by atoms with E-state index in [-0.39, 0.29) is 12.5 Å². The first-order chi connectivity index (χ1) is 4.18. The second kappa shape index (κ2) is 10.3. The average molecular weight is 131 g/mol. The highest BCUT2D eigenvalue weighted by atomic mass is 16.1. The summed E-state index contributed by atoms with van der Waals surface area (Å²) >= 11 is 0. The molecule has 0 aliphatic rings. The van der Waals surface area contributed by atoms with E-state index in [2.05, 4.69) is 5.73 Å². The van der Waals surface area contributed by atoms with Crippen LogP contribution in [0.3, 0.4) is 0 Å². The van der Waals surface area contributed by atoms with Crippen molar-refractivity contribution in [3.05, 3.63) is 0 Å². The van der Waals surface area contributed by atoms with Crippen LogP contribution in [-0.4, -0.2) is 19.1 Å². The van der Waals surface area contributed by atoms with Crippen LogP contribution in [-0.2, 0) is 9.59 Å². The van der Waals surface area contributed by atoms with Gasteiger partial charge in [0.15, 0.2) is 0 Å². The summed E-state index contributed by atoms with van der Waals surface area (Å²) in [6.45, 7) is 3.85. The normalized spacial score (nSPS) is 7.56. The molecule has 9 heavy (non-hydrogen) atoms. The highest BCUT2D eigenvalue weighted by Crippen LogP contribution is 1.78. The second-order valence-corrected chi connectivity index (χ2v) is 1.78. The molecule has 0 aromatic carbocycles. The Morgan fingerprint density at radius 3 is 1.67 bits per heavy atom. The molecule has 0 rings (SSSR count). The fraction of sp³-hybridized carbons (Fsp3) is 0.667. The molecule has 0 aromatic heterocycles. The first kappa shape index (κ1) is 11.1. The van der Waals surface area contributed by atoms with Gasteiger partial charge in [-0.2, -0.15) is 0 Å². The molecular weight excluding hydrogens is 118 g/mol. The average Bonchev–Trinajstić information content (AvgIpc) is 1.89. The molecule has 0 spiro atoms. The molecule has 0 atom stereocenters. The van der Waals surface area contributed by atoms with Crippen LogP contribution in [0.2, 0.25) is 0 Å². The Morgan fingerprint density at radius 2 is 1.67 bits per heavy atom. The Labute approximate surface area is 55.2 Å². The number of rotatable bonds is 2. The fourth-order valence-electron chi connectivity index (χ4n) is 0. The molecule has 0 bridgehead atoms. The van der Waals surface area contributed by atoms with E-state index in [1.807, 2.05) is 13.8 Å². The zero-order chi connectivity index (χ0) is 7.70. The summed E-state index contributed by atoms with van der Waals surface area (Å²) in [5.74, 6) is 0.204. The van der Waals surface area contributed by atoms with Gasteiger partial charge in [-0.1, -0.05) is 13.8 Å². The lowest BCUT2D eigenvalue weighted by molar-refractivity contribution is -0.110. The smallest absolute Gasteiger partial charge is 0.133 e. The lowest BCUT2D eigenvalue weighted by atomic mass is 10.3. The van der Waals surface area contributed by atoms with Gasteiger partial charge >= 0.3 is 0 Å². The number of carbonyl (C=O) groups excluding carboxylic acids is 2. The number of hydrogen-bond acceptors (Lipinski definition) is 3. The third-order valence-electron chi connectivity index (χ3n) is 0.368. The van der Waals surface area contributed by atoms with E-state index in [1.54, 1.807) is 0 Å². The van der Waals surface area contributed by atoms with Crippen molar-refractivity contribution in [2.75, 3.05) is 6.54 Å². The van der Waals surface area contributed by atoms with E-state index in [4.69, 9.17) is 4.79 Å². The minimum absolute atomic E-state index is 0.139. The van der Waals surface area contributed by atoms with Gasteiger partial charge in [0.05, 0.1) is 0 Å². The van der Waals surface area contributed by atoms with Crippen molar-refractivity contribution in [2.24, 2.45) is 11.7 Å². The molecule has 54 valence electrons. The van der Waals surface area contributed by atoms with Crippen molar-refractivity contribution in [1.29, 1.82) is 0 Å². The van der Waals surface area contributed by atoms with Crippen LogP contribution in [0.25, 0.3) is 0 Å². The standard InChI is InChI=1S/C4H8O.C2H5NO/c1-4(2)3-5;3-1-2-4/h3-4H,1-2H3;2H,1,3H2. The molecule has 2 N–H and O–H groups in total. The topological polar surface area (TPSA) is 60.2 Å². The van der Waals surface area contributed by atoms with Crippen molar-refractivity contribution in [1.82, 2.24) is 0 Å². The Balaban J connectivity index is 0. The van der Waals surface area contributed by atoms with Crippen molar-refractivity contribution in [3.63, 3.8) is 0 Å². The van der Waals surface area contributed by atoms with E-state index >= 15 is 0 Å². The second-order valence-electron chi connectivity index (χ2n) is 1.78. The quantitative estimate of drug-likeness (QED) is 0.536. The van der Waals surface area contributed by atoms with Gasteiger partial charge in [0, 0.05) is 12.5 Å². The molecule has 0 saturated carbocycles. The number of nitrogens with two attached hydrogens (primary N) is 1. The molecule has 0 saturated heterocycles. The van der Waals surface area contributed by atoms with E-state index in [0.717, 1.165) is 6.29 Å². The Morgan fingerprint density at radius 1 is 1.44 bits per heavy atom. The van der Waals surface area contributed by atoms with Crippen LogP contribution < -0.4 is 5.73 Å². The summed E-state index contributed by atoms with van der Waals surface area (Å²) in [6.07, 6.45) is 1.57. The maximum Gasteiger partial charge on any atom is 0.133 e. The molecule has 3 nitrogen and oxygen atoms in total. The van der Waals surface area contributed by atoms with Crippen LogP contribution in [0.5, 0.6) is 0 Å². The van der Waals surface area contributed by atoms with Crippen LogP contribution in [0.15, 0.2) is 0 Å². The summed E-state index contributed by atoms with van der Waals surface area (Å²) in [5.41, 5.74) is 4.66. The van der Waals surface area contributed by atoms with E-state index in [1.165, 1.54) is 0 Å². The summed E-state index contributed by atoms with van der Waals surface area (Å²) < 4.78 is 0. The molecule has 0 fully saturated rings. The number of carbonyl (C=O) groups is 2. The first-order valence-electron chi connectivity index (χ1n) is 2.78. The predicted molar refractivity (Wildman–Crippen MR) is 36.0 cm³/mol. The SMILES string of the molecule is CC(C)C=O.NCC=O. The van der Waals surface area contributed by atoms with Crippen molar-refractivity contribution < 1.29 is 9.59 Å². The van der Waals surface area contributed by atoms with E-state index < -0.39 is 0 Å². The lowest BCUT2D eigenvalue weighted by Crippen LogP contribution is -1.97. The number of hydrogen-bond donors (Lipinski definition) is 1. The van der Waals surface area contributed by atoms with E-state index in [9.17, 15) is 4.79 Å². The molecule has 0 aliphatic carbocycles. The van der Waals surface area contributed by atoms with Crippen molar-refractivity contribution in [3.8, 4) is 0 Å². The minimum atomic E-state index is 0.139. The summed E-state index contributed by atoms with van der Waals surface area (Å²) in [6, 6.07) is 0. The molecular formula is C6H13NO2. The van der Waals surface area contributed by atoms with E-state index in [0.29, 0.717) is 6.29 Å². The van der Waals surface area contributed by atoms with Gasteiger partial charge in [-0.25, -0.2) is 0 Å². The third kappa shape index (κ3) is 38.8. The molecule has 0 amide bonds. The van der Waals surface area contributed by atoms with Gasteiger partial charge in [-0.05, 0) is 0 Å². The first-order valence-corrected chi connectivity index (χ1v) is 2.78. The summed E-state index contributed by atoms with van der Waals surface area (Å²) in [7, 11) is 0. The van der Waals surface area contributed by atoms with Crippen molar-refractivity contribution in [2.45, 2.75) is 13.8 Å². The molecule has 0 aromatic rings. The monoisotopic (exact) mass is 131 g/mol. The minimum Gasteiger partial charge on any atom is -0.324 e. The number of aldehydes is 2. The van der Waals surface area contributed by atoms with Gasteiger partial charge in [-0.3, -0.25) is 0 Å². The lowest BCUT2D eigenvalue weighted by Gasteiger charge is -1.78.